The standard InChI is InChI=1S/C45H44N12O2/c1-52-34-17-7-9-19-36(34)56(44(52)50-48-42-32-15-5-3-13-30(32)27-38(58)40(42)46)23-11-21-54-25-26-55(29-54)22-12-24-57-37-20-10-8-18-35(37)53(2)45(57)51-49-43-33-16-6-4-14-31(33)28-39(59)41(43)47/h3-10,13-20,25-29H,11-12,21-24H2,1-2H3,(H5-,46,47,48,49,58,59)/p+2. The summed E-state index contributed by atoms with van der Waals surface area (Å²) in [4.78, 5) is 0. The molecular weight excluding hydrogens is 741 g/mol. The van der Waals surface area contributed by atoms with E-state index in [1.807, 2.05) is 91.5 Å². The van der Waals surface area contributed by atoms with Crippen LogP contribution < -0.4 is 31.6 Å². The molecule has 3 heterocycles. The molecule has 0 atom stereocenters. The summed E-state index contributed by atoms with van der Waals surface area (Å²) in [5.41, 5.74) is 22.3. The first kappa shape index (κ1) is 37.0. The quantitative estimate of drug-likeness (QED) is 0.0289. The third kappa shape index (κ3) is 6.83. The molecule has 0 amide bonds. The summed E-state index contributed by atoms with van der Waals surface area (Å²) in [6.45, 7) is 3.07. The van der Waals surface area contributed by atoms with Gasteiger partial charge in [-0.2, -0.15) is 0 Å². The predicted octanol–water partition coefficient (Wildman–Crippen LogP) is 7.25. The molecule has 0 aliphatic carbocycles. The lowest BCUT2D eigenvalue weighted by atomic mass is 10.1. The number of nitrogens with zero attached hydrogens (tertiary/aromatic N) is 9. The Balaban J connectivity index is 0.905. The van der Waals surface area contributed by atoms with Gasteiger partial charge in [0.15, 0.2) is 0 Å². The van der Waals surface area contributed by atoms with Crippen LogP contribution in [-0.2, 0) is 40.3 Å². The molecule has 0 unspecified atom stereocenters. The van der Waals surface area contributed by atoms with Gasteiger partial charge >= 0.3 is 5.95 Å². The van der Waals surface area contributed by atoms with E-state index in [4.69, 9.17) is 21.7 Å². The molecule has 59 heavy (non-hydrogen) atoms. The van der Waals surface area contributed by atoms with Crippen LogP contribution in [0.5, 0.6) is 11.5 Å². The fraction of sp³-hybridized carbons (Fsp3) is 0.178. The first-order chi connectivity index (χ1) is 28.8. The normalized spacial score (nSPS) is 12.3. The molecule has 296 valence electrons. The molecule has 0 radical (unpaired) electrons. The van der Waals surface area contributed by atoms with Gasteiger partial charge in [-0.1, -0.05) is 77.9 Å². The fourth-order valence-corrected chi connectivity index (χ4v) is 8.08. The van der Waals surface area contributed by atoms with Gasteiger partial charge in [-0.25, -0.2) is 18.3 Å². The molecular formula is C45H46N12O2+2. The summed E-state index contributed by atoms with van der Waals surface area (Å²) in [7, 11) is 4.00. The molecule has 7 N–H and O–H groups in total. The zero-order valence-corrected chi connectivity index (χ0v) is 32.9. The number of nitrogens with two attached hydrogens (primary N) is 2. The monoisotopic (exact) mass is 786 g/mol. The average molecular weight is 787 g/mol. The van der Waals surface area contributed by atoms with Crippen molar-refractivity contribution in [2.45, 2.75) is 39.0 Å². The Morgan fingerprint density at radius 3 is 2.14 bits per heavy atom. The smallest absolute Gasteiger partial charge is 0.422 e. The zero-order valence-electron chi connectivity index (χ0n) is 32.9. The van der Waals surface area contributed by atoms with Gasteiger partial charge in [0.2, 0.25) is 11.9 Å². The minimum absolute atomic E-state index is 0.0140. The molecule has 9 rings (SSSR count). The minimum Gasteiger partial charge on any atom is -0.506 e. The third-order valence-corrected chi connectivity index (χ3v) is 11.1. The number of phenols is 2. The summed E-state index contributed by atoms with van der Waals surface area (Å²) >= 11 is 0. The second-order valence-corrected chi connectivity index (χ2v) is 14.8. The topological polar surface area (TPSA) is 169 Å². The first-order valence-corrected chi connectivity index (χ1v) is 19.6. The fourth-order valence-electron chi connectivity index (χ4n) is 8.08. The van der Waals surface area contributed by atoms with E-state index < -0.39 is 0 Å². The van der Waals surface area contributed by atoms with Gasteiger partial charge in [0.1, 0.15) is 46.3 Å². The molecule has 0 aliphatic rings. The minimum atomic E-state index is -0.0160. The van der Waals surface area contributed by atoms with Gasteiger partial charge in [-0.05, 0) is 47.2 Å². The summed E-state index contributed by atoms with van der Waals surface area (Å²) < 4.78 is 12.9. The second-order valence-electron chi connectivity index (χ2n) is 14.8. The predicted molar refractivity (Wildman–Crippen MR) is 231 cm³/mol. The van der Waals surface area contributed by atoms with E-state index in [1.54, 1.807) is 12.1 Å². The van der Waals surface area contributed by atoms with E-state index in [0.29, 0.717) is 23.9 Å². The Bertz CT molecular complexity index is 3130. The number of aromatic hydroxyl groups is 2. The Labute approximate surface area is 339 Å². The van der Waals surface area contributed by atoms with Gasteiger partial charge < -0.3 is 30.8 Å². The van der Waals surface area contributed by atoms with Crippen LogP contribution in [0.25, 0.3) is 43.6 Å². The van der Waals surface area contributed by atoms with E-state index in [1.165, 1.54) is 0 Å². The van der Waals surface area contributed by atoms with Crippen LogP contribution in [0.15, 0.2) is 143 Å². The highest BCUT2D eigenvalue weighted by atomic mass is 16.3. The van der Waals surface area contributed by atoms with Crippen LogP contribution in [0.4, 0.5) is 28.7 Å². The molecule has 6 aromatic carbocycles. The number of aromatic nitrogens is 6. The van der Waals surface area contributed by atoms with Crippen molar-refractivity contribution < 1.29 is 19.3 Å². The summed E-state index contributed by atoms with van der Waals surface area (Å²) in [5, 5.41) is 38.7. The number of anilines is 3. The molecule has 0 bridgehead atoms. The molecule has 14 heteroatoms. The summed E-state index contributed by atoms with van der Waals surface area (Å²) in [5.74, 6) is 0.685. The molecule has 0 saturated heterocycles. The van der Waals surface area contributed by atoms with E-state index in [2.05, 4.69) is 76.4 Å². The van der Waals surface area contributed by atoms with Crippen molar-refractivity contribution in [1.29, 1.82) is 0 Å². The number of nitrogens with one attached hydrogen (secondary N) is 1. The number of imidazole rings is 3. The number of aryl methyl sites for hydroxylation is 6. The lowest BCUT2D eigenvalue weighted by molar-refractivity contribution is -0.697. The van der Waals surface area contributed by atoms with E-state index >= 15 is 0 Å². The average Bonchev–Trinajstić information content (AvgIpc) is 3.90. The zero-order chi connectivity index (χ0) is 40.6. The maximum Gasteiger partial charge on any atom is 0.422 e. The molecule has 3 aromatic heterocycles. The van der Waals surface area contributed by atoms with Crippen molar-refractivity contribution in [3.63, 3.8) is 0 Å². The second kappa shape index (κ2) is 15.4. The van der Waals surface area contributed by atoms with Crippen LogP contribution in [0, 0.1) is 0 Å². The largest absolute Gasteiger partial charge is 0.506 e. The number of rotatable bonds is 12. The molecule has 0 spiro atoms. The Morgan fingerprint density at radius 2 is 1.34 bits per heavy atom. The van der Waals surface area contributed by atoms with Crippen LogP contribution in [0.3, 0.4) is 0 Å². The van der Waals surface area contributed by atoms with E-state index in [-0.39, 0.29) is 22.9 Å². The van der Waals surface area contributed by atoms with Gasteiger partial charge in [-0.3, -0.25) is 5.43 Å². The summed E-state index contributed by atoms with van der Waals surface area (Å²) in [6.07, 6.45) is 8.11. The lowest BCUT2D eigenvalue weighted by Crippen LogP contribution is -2.33. The van der Waals surface area contributed by atoms with Crippen molar-refractivity contribution in [2.24, 2.45) is 29.4 Å². The number of hydrogen-bond donors (Lipinski definition) is 5. The molecule has 0 fully saturated rings. The highest BCUT2D eigenvalue weighted by Gasteiger charge is 2.23. The number of fused-ring (bicyclic) bond motifs is 4. The Morgan fingerprint density at radius 1 is 0.695 bits per heavy atom. The van der Waals surface area contributed by atoms with Gasteiger partial charge in [0, 0.05) is 42.3 Å². The summed E-state index contributed by atoms with van der Waals surface area (Å²) in [6, 6.07) is 35.3. The first-order valence-electron chi connectivity index (χ1n) is 19.6. The van der Waals surface area contributed by atoms with E-state index in [0.717, 1.165) is 81.7 Å². The molecule has 0 aliphatic heterocycles. The van der Waals surface area contributed by atoms with Gasteiger partial charge in [0.25, 0.3) is 0 Å². The maximum atomic E-state index is 10.6. The number of phenolic OH excluding ortho intramolecular Hbond substituents is 2. The van der Waals surface area contributed by atoms with Crippen LogP contribution in [-0.4, -0.2) is 28.5 Å². The van der Waals surface area contributed by atoms with Crippen molar-refractivity contribution in [3.05, 3.63) is 134 Å². The number of benzene rings is 6. The highest BCUT2D eigenvalue weighted by Crippen LogP contribution is 2.40. The van der Waals surface area contributed by atoms with Crippen molar-refractivity contribution in [1.82, 2.24) is 18.3 Å². The van der Waals surface area contributed by atoms with Crippen molar-refractivity contribution in [2.75, 3.05) is 16.9 Å². The molecule has 14 nitrogen and oxygen atoms in total. The number of hydrogen-bond acceptors (Lipinski definition) is 8. The maximum absolute atomic E-state index is 10.6. The van der Waals surface area contributed by atoms with Crippen molar-refractivity contribution in [3.8, 4) is 11.5 Å². The highest BCUT2D eigenvalue weighted by molar-refractivity contribution is 6.02. The van der Waals surface area contributed by atoms with Crippen LogP contribution in [0.1, 0.15) is 12.8 Å². The Hall–Kier alpha value is -7.61. The number of para-hydroxylation sites is 4. The number of azo groups is 1. The number of nitrogen functional groups attached to an aromatic ring is 2. The van der Waals surface area contributed by atoms with Crippen LogP contribution >= 0.6 is 0 Å². The lowest BCUT2D eigenvalue weighted by Gasteiger charge is -2.11. The van der Waals surface area contributed by atoms with E-state index in [9.17, 15) is 10.2 Å². The van der Waals surface area contributed by atoms with Crippen LogP contribution in [0.2, 0.25) is 0 Å². The molecule has 9 aromatic rings. The van der Waals surface area contributed by atoms with Gasteiger partial charge in [-0.15, -0.1) is 5.10 Å². The Kier molecular flexibility index (Phi) is 9.65. The van der Waals surface area contributed by atoms with Crippen molar-refractivity contribution >= 4 is 72.3 Å². The van der Waals surface area contributed by atoms with Gasteiger partial charge in [0.05, 0.1) is 49.1 Å². The SMILES string of the molecule is Cn1c(=NNc2c(N)c(O)cc3ccccc23)n(CCC[n+]2ccn(CCCn3c(N=Nc4c(N)c(O)cc5ccccc45)[n+](C)c4ccccc43)c2)c2ccccc21. The third-order valence-electron chi connectivity index (χ3n) is 11.1. The molecule has 0 saturated carbocycles.